The number of halogens is 1. The molecule has 1 N–H and O–H groups in total. The molecule has 128 valence electrons. The smallest absolute Gasteiger partial charge is 0.199 e. The van der Waals surface area contributed by atoms with Crippen LogP contribution in [0.15, 0.2) is 47.0 Å². The third-order valence-corrected chi connectivity index (χ3v) is 5.02. The van der Waals surface area contributed by atoms with E-state index in [0.717, 1.165) is 27.5 Å². The van der Waals surface area contributed by atoms with E-state index in [1.165, 1.54) is 12.1 Å². The Bertz CT molecular complexity index is 1200. The Balaban J connectivity index is 1.77. The van der Waals surface area contributed by atoms with Gasteiger partial charge in [0, 0.05) is 35.2 Å². The third kappa shape index (κ3) is 3.17. The highest BCUT2D eigenvalue weighted by Crippen LogP contribution is 2.31. The van der Waals surface area contributed by atoms with Gasteiger partial charge in [-0.3, -0.25) is 4.21 Å². The van der Waals surface area contributed by atoms with Gasteiger partial charge in [-0.1, -0.05) is 6.07 Å². The van der Waals surface area contributed by atoms with Gasteiger partial charge >= 0.3 is 0 Å². The second-order valence-electron chi connectivity index (χ2n) is 6.36. The van der Waals surface area contributed by atoms with Gasteiger partial charge in [-0.05, 0) is 50.8 Å². The van der Waals surface area contributed by atoms with Crippen LogP contribution in [-0.4, -0.2) is 32.1 Å². The number of benzene rings is 2. The first-order valence-corrected chi connectivity index (χ1v) is 10.3. The number of fused-ring (bicyclic) bond motifs is 2. The van der Waals surface area contributed by atoms with Gasteiger partial charge in [0.05, 0.1) is 6.42 Å². The van der Waals surface area contributed by atoms with Crippen molar-refractivity contribution in [2.45, 2.75) is 6.42 Å². The molecule has 4 rings (SSSR count). The number of rotatable bonds is 3. The molecule has 2 heterocycles. The molecule has 4 aromatic rings. The highest BCUT2D eigenvalue weighted by atomic mass is 32.2. The topological polar surface area (TPSA) is 58.9 Å². The lowest BCUT2D eigenvalue weighted by molar-refractivity contribution is 0.553. The van der Waals surface area contributed by atoms with Crippen LogP contribution in [0.25, 0.3) is 33.1 Å². The van der Waals surface area contributed by atoms with Crippen molar-refractivity contribution in [2.75, 3.05) is 12.5 Å². The predicted octanol–water partition coefficient (Wildman–Crippen LogP) is 4.00. The second-order valence-corrected chi connectivity index (χ2v) is 9.31. The van der Waals surface area contributed by atoms with E-state index in [1.54, 1.807) is 23.9 Å². The summed E-state index contributed by atoms with van der Waals surface area (Å²) in [6, 6.07) is 10.5. The Morgan fingerprint density at radius 3 is 2.88 bits per heavy atom. The average molecular weight is 356 g/mol. The van der Waals surface area contributed by atoms with Crippen LogP contribution in [0.1, 0.15) is 5.89 Å². The Labute approximate surface area is 144 Å². The summed E-state index contributed by atoms with van der Waals surface area (Å²) in [5.41, 5.74) is 4.13. The molecule has 0 radical (unpaired) electrons. The molecular weight excluding hydrogens is 339 g/mol. The number of aromatic nitrogens is 2. The molecule has 0 saturated carbocycles. The fourth-order valence-corrected chi connectivity index (χ4v) is 3.38. The van der Waals surface area contributed by atoms with Crippen LogP contribution in [0.2, 0.25) is 0 Å². The molecule has 2 aromatic heterocycles. The van der Waals surface area contributed by atoms with Gasteiger partial charge in [0.2, 0.25) is 0 Å². The van der Waals surface area contributed by atoms with Crippen molar-refractivity contribution in [1.29, 1.82) is 0 Å². The Morgan fingerprint density at radius 2 is 2.08 bits per heavy atom. The Morgan fingerprint density at radius 1 is 1.24 bits per heavy atom. The summed E-state index contributed by atoms with van der Waals surface area (Å²) in [6.07, 6.45) is 5.67. The Hall–Kier alpha value is -2.60. The minimum Gasteiger partial charge on any atom is -0.440 e. The van der Waals surface area contributed by atoms with Crippen molar-refractivity contribution in [3.05, 3.63) is 54.3 Å². The number of oxazole rings is 1. The molecule has 25 heavy (non-hydrogen) atoms. The molecule has 6 heteroatoms. The lowest BCUT2D eigenvalue weighted by atomic mass is 10.0. The van der Waals surface area contributed by atoms with E-state index in [4.69, 9.17) is 4.42 Å². The van der Waals surface area contributed by atoms with Gasteiger partial charge in [-0.25, -0.2) is 9.37 Å². The zero-order valence-electron chi connectivity index (χ0n) is 13.9. The van der Waals surface area contributed by atoms with Crippen LogP contribution < -0.4 is 0 Å². The molecule has 0 amide bonds. The fourth-order valence-electron chi connectivity index (χ4n) is 2.84. The molecule has 0 spiro atoms. The lowest BCUT2D eigenvalue weighted by Gasteiger charge is -1.99. The fraction of sp³-hybridized carbons (Fsp3) is 0.158. The van der Waals surface area contributed by atoms with Gasteiger partial charge in [0.1, 0.15) is 11.3 Å². The molecule has 2 aromatic carbocycles. The van der Waals surface area contributed by atoms with Gasteiger partial charge < -0.3 is 9.40 Å². The van der Waals surface area contributed by atoms with Crippen molar-refractivity contribution in [3.8, 4) is 11.1 Å². The van der Waals surface area contributed by atoms with E-state index in [9.17, 15) is 8.60 Å². The molecular formula is C19H17FN2O2S. The van der Waals surface area contributed by atoms with E-state index in [2.05, 4.69) is 9.97 Å². The van der Waals surface area contributed by atoms with Crippen LogP contribution >= 0.6 is 0 Å². The van der Waals surface area contributed by atoms with E-state index < -0.39 is 9.52 Å². The molecule has 0 aliphatic carbocycles. The first kappa shape index (κ1) is 15.9. The van der Waals surface area contributed by atoms with E-state index in [0.29, 0.717) is 17.9 Å². The summed E-state index contributed by atoms with van der Waals surface area (Å²) in [5.74, 6) is 0.278. The van der Waals surface area contributed by atoms with Crippen LogP contribution in [0.3, 0.4) is 0 Å². The van der Waals surface area contributed by atoms with Gasteiger partial charge in [0.15, 0.2) is 11.5 Å². The molecule has 0 aliphatic heterocycles. The van der Waals surface area contributed by atoms with Gasteiger partial charge in [-0.15, -0.1) is 0 Å². The zero-order valence-corrected chi connectivity index (χ0v) is 14.7. The minimum absolute atomic E-state index is 0.268. The minimum atomic E-state index is -1.94. The molecule has 0 unspecified atom stereocenters. The van der Waals surface area contributed by atoms with Crippen LogP contribution in [0.4, 0.5) is 4.39 Å². The quantitative estimate of drug-likeness (QED) is 0.564. The number of aromatic amines is 1. The lowest BCUT2D eigenvalue weighted by Crippen LogP contribution is -1.99. The molecule has 0 atom stereocenters. The molecule has 4 nitrogen and oxygen atoms in total. The second kappa shape index (κ2) is 5.74. The van der Waals surface area contributed by atoms with Crippen molar-refractivity contribution in [3.63, 3.8) is 0 Å². The van der Waals surface area contributed by atoms with Crippen LogP contribution in [-0.2, 0) is 15.9 Å². The summed E-state index contributed by atoms with van der Waals surface area (Å²) < 4.78 is 30.9. The maximum atomic E-state index is 13.3. The first-order valence-electron chi connectivity index (χ1n) is 7.83. The van der Waals surface area contributed by atoms with Crippen LogP contribution in [0, 0.1) is 5.82 Å². The van der Waals surface area contributed by atoms with Crippen molar-refractivity contribution in [1.82, 2.24) is 9.97 Å². The first-order chi connectivity index (χ1) is 11.9. The number of nitrogens with one attached hydrogen (secondary N) is 1. The standard InChI is InChI=1S/C19H17FN2O2S/c1-25(2,23)8-7-19-22-16-6-3-12(9-18(16)24-19)15-11-21-17-10-13(20)4-5-14(15)17/h3-6,8-11,21H,7H2,1-2H3. The number of H-pyrrole nitrogens is 1. The summed E-state index contributed by atoms with van der Waals surface area (Å²) >= 11 is 0. The van der Waals surface area contributed by atoms with E-state index in [-0.39, 0.29) is 5.82 Å². The van der Waals surface area contributed by atoms with Crippen LogP contribution in [0.5, 0.6) is 0 Å². The molecule has 0 bridgehead atoms. The zero-order chi connectivity index (χ0) is 17.6. The SMILES string of the molecule is CS(C)(=O)=CCc1nc2ccc(-c3c[nH]c4cc(F)ccc34)cc2o1. The Kier molecular flexibility index (Phi) is 3.65. The highest BCUT2D eigenvalue weighted by Gasteiger charge is 2.11. The molecule has 0 aliphatic rings. The highest BCUT2D eigenvalue weighted by molar-refractivity contribution is 8.00. The normalized spacial score (nSPS) is 12.1. The van der Waals surface area contributed by atoms with Crippen molar-refractivity contribution < 1.29 is 13.0 Å². The van der Waals surface area contributed by atoms with Crippen molar-refractivity contribution >= 4 is 36.9 Å². The maximum absolute atomic E-state index is 13.3. The van der Waals surface area contributed by atoms with Gasteiger partial charge in [-0.2, -0.15) is 0 Å². The summed E-state index contributed by atoms with van der Waals surface area (Å²) in [6.45, 7) is 0. The number of nitrogens with zero attached hydrogens (tertiary/aromatic N) is 1. The van der Waals surface area contributed by atoms with Crippen molar-refractivity contribution in [2.24, 2.45) is 0 Å². The maximum Gasteiger partial charge on any atom is 0.199 e. The predicted molar refractivity (Wildman–Crippen MR) is 101 cm³/mol. The molecule has 0 fully saturated rings. The number of hydrogen-bond acceptors (Lipinski definition) is 3. The van der Waals surface area contributed by atoms with E-state index >= 15 is 0 Å². The largest absolute Gasteiger partial charge is 0.440 e. The summed E-state index contributed by atoms with van der Waals surface area (Å²) in [7, 11) is -1.94. The average Bonchev–Trinajstić information content (AvgIpc) is 3.14. The monoisotopic (exact) mass is 356 g/mol. The van der Waals surface area contributed by atoms with E-state index in [1.807, 2.05) is 24.4 Å². The summed E-state index contributed by atoms with van der Waals surface area (Å²) in [5, 5.41) is 2.68. The van der Waals surface area contributed by atoms with Gasteiger partial charge in [0.25, 0.3) is 0 Å². The summed E-state index contributed by atoms with van der Waals surface area (Å²) in [4.78, 5) is 7.53. The molecule has 0 saturated heterocycles. The number of hydrogen-bond donors (Lipinski definition) is 1. The third-order valence-electron chi connectivity index (χ3n) is 4.05.